The van der Waals surface area contributed by atoms with Crippen molar-refractivity contribution in [3.8, 4) is 0 Å². The Balaban J connectivity index is 1.39. The second kappa shape index (κ2) is 6.80. The highest BCUT2D eigenvalue weighted by Gasteiger charge is 2.26. The van der Waals surface area contributed by atoms with Gasteiger partial charge < -0.3 is 4.90 Å². The molecule has 1 amide bonds. The number of hydrogen-bond acceptors (Lipinski definition) is 4. The first-order valence-corrected chi connectivity index (χ1v) is 8.75. The SMILES string of the molecule is O=C(Cc1ccc(Cl)cc1)N1CCC(c2[nH]nc3nccnc23)CC1. The number of aromatic nitrogens is 4. The van der Waals surface area contributed by atoms with E-state index in [0.717, 1.165) is 42.7 Å². The number of likely N-dealkylation sites (tertiary alicyclic amines) is 1. The molecule has 4 rings (SSSR count). The minimum absolute atomic E-state index is 0.162. The number of nitrogens with zero attached hydrogens (tertiary/aromatic N) is 4. The van der Waals surface area contributed by atoms with Gasteiger partial charge in [0.25, 0.3) is 0 Å². The smallest absolute Gasteiger partial charge is 0.226 e. The summed E-state index contributed by atoms with van der Waals surface area (Å²) in [5.74, 6) is 0.497. The number of hydrogen-bond donors (Lipinski definition) is 1. The lowest BCUT2D eigenvalue weighted by Gasteiger charge is -2.31. The van der Waals surface area contributed by atoms with Crippen molar-refractivity contribution in [2.24, 2.45) is 0 Å². The van der Waals surface area contributed by atoms with Gasteiger partial charge in [0.2, 0.25) is 5.91 Å². The highest BCUT2D eigenvalue weighted by atomic mass is 35.5. The van der Waals surface area contributed by atoms with Gasteiger partial charge in [-0.05, 0) is 30.5 Å². The van der Waals surface area contributed by atoms with Gasteiger partial charge in [0.1, 0.15) is 5.52 Å². The second-order valence-corrected chi connectivity index (χ2v) is 6.76. The van der Waals surface area contributed by atoms with Gasteiger partial charge in [-0.15, -0.1) is 0 Å². The fraction of sp³-hybridized carbons (Fsp3) is 0.333. The molecule has 25 heavy (non-hydrogen) atoms. The number of rotatable bonds is 3. The highest BCUT2D eigenvalue weighted by Crippen LogP contribution is 2.30. The standard InChI is InChI=1S/C18H18ClN5O/c19-14-3-1-12(2-4-14)11-15(25)24-9-5-13(6-10-24)16-17-18(23-22-16)21-8-7-20-17/h1-4,7-8,13H,5-6,9-11H2,(H,21,22,23). The third-order valence-electron chi connectivity index (χ3n) is 4.74. The third-order valence-corrected chi connectivity index (χ3v) is 4.99. The molecular formula is C18H18ClN5O. The second-order valence-electron chi connectivity index (χ2n) is 6.32. The van der Waals surface area contributed by atoms with E-state index >= 15 is 0 Å². The molecule has 1 fully saturated rings. The van der Waals surface area contributed by atoms with E-state index in [0.29, 0.717) is 23.0 Å². The molecule has 0 atom stereocenters. The van der Waals surface area contributed by atoms with Crippen molar-refractivity contribution in [2.45, 2.75) is 25.2 Å². The van der Waals surface area contributed by atoms with Crippen LogP contribution in [0.4, 0.5) is 0 Å². The summed E-state index contributed by atoms with van der Waals surface area (Å²) in [6, 6.07) is 7.45. The van der Waals surface area contributed by atoms with Gasteiger partial charge in [-0.2, -0.15) is 5.10 Å². The summed E-state index contributed by atoms with van der Waals surface area (Å²) < 4.78 is 0. The number of H-pyrrole nitrogens is 1. The van der Waals surface area contributed by atoms with Crippen molar-refractivity contribution >= 4 is 28.7 Å². The maximum atomic E-state index is 12.5. The zero-order chi connectivity index (χ0) is 17.2. The zero-order valence-electron chi connectivity index (χ0n) is 13.7. The van der Waals surface area contributed by atoms with E-state index < -0.39 is 0 Å². The summed E-state index contributed by atoms with van der Waals surface area (Å²) in [6.45, 7) is 1.50. The molecule has 1 aliphatic rings. The number of aromatic amines is 1. The fourth-order valence-corrected chi connectivity index (χ4v) is 3.49. The van der Waals surface area contributed by atoms with Crippen LogP contribution in [0.15, 0.2) is 36.7 Å². The molecule has 1 N–H and O–H groups in total. The lowest BCUT2D eigenvalue weighted by atomic mass is 9.92. The van der Waals surface area contributed by atoms with Gasteiger partial charge in [0.15, 0.2) is 5.65 Å². The van der Waals surface area contributed by atoms with E-state index in [1.165, 1.54) is 0 Å². The molecular weight excluding hydrogens is 338 g/mol. The molecule has 3 aromatic rings. The Hall–Kier alpha value is -2.47. The van der Waals surface area contributed by atoms with E-state index in [1.807, 2.05) is 29.2 Å². The van der Waals surface area contributed by atoms with Crippen LogP contribution in [0.2, 0.25) is 5.02 Å². The van der Waals surface area contributed by atoms with Crippen LogP contribution < -0.4 is 0 Å². The number of carbonyl (C=O) groups excluding carboxylic acids is 1. The van der Waals surface area contributed by atoms with Crippen molar-refractivity contribution < 1.29 is 4.79 Å². The first-order chi connectivity index (χ1) is 12.2. The number of carbonyl (C=O) groups is 1. The maximum absolute atomic E-state index is 12.5. The quantitative estimate of drug-likeness (QED) is 0.783. The molecule has 1 saturated heterocycles. The monoisotopic (exact) mass is 355 g/mol. The van der Waals surface area contributed by atoms with Crippen LogP contribution in [-0.2, 0) is 11.2 Å². The van der Waals surface area contributed by atoms with Gasteiger partial charge in [0, 0.05) is 36.4 Å². The molecule has 2 aromatic heterocycles. The Morgan fingerprint density at radius 1 is 1.16 bits per heavy atom. The molecule has 6 nitrogen and oxygen atoms in total. The molecule has 128 valence electrons. The van der Waals surface area contributed by atoms with Crippen LogP contribution in [0.5, 0.6) is 0 Å². The molecule has 1 aliphatic heterocycles. The number of nitrogens with one attached hydrogen (secondary N) is 1. The molecule has 0 radical (unpaired) electrons. The molecule has 0 unspecified atom stereocenters. The van der Waals surface area contributed by atoms with Gasteiger partial charge in [0.05, 0.1) is 12.1 Å². The molecule has 0 saturated carbocycles. The van der Waals surface area contributed by atoms with E-state index in [9.17, 15) is 4.79 Å². The Labute approximate surface area is 150 Å². The number of piperidine rings is 1. The lowest BCUT2D eigenvalue weighted by Crippen LogP contribution is -2.38. The van der Waals surface area contributed by atoms with Crippen molar-refractivity contribution in [1.29, 1.82) is 0 Å². The van der Waals surface area contributed by atoms with Crippen LogP contribution >= 0.6 is 11.6 Å². The Morgan fingerprint density at radius 2 is 1.88 bits per heavy atom. The van der Waals surface area contributed by atoms with Crippen LogP contribution in [-0.4, -0.2) is 44.1 Å². The minimum atomic E-state index is 0.162. The molecule has 7 heteroatoms. The summed E-state index contributed by atoms with van der Waals surface area (Å²) in [5.41, 5.74) is 3.52. The third kappa shape index (κ3) is 3.35. The lowest BCUT2D eigenvalue weighted by molar-refractivity contribution is -0.131. The summed E-state index contributed by atoms with van der Waals surface area (Å²) in [7, 11) is 0. The van der Waals surface area contributed by atoms with E-state index in [1.54, 1.807) is 12.4 Å². The predicted molar refractivity (Wildman–Crippen MR) is 95.4 cm³/mol. The van der Waals surface area contributed by atoms with E-state index in [2.05, 4.69) is 20.2 Å². The number of fused-ring (bicyclic) bond motifs is 1. The first-order valence-electron chi connectivity index (χ1n) is 8.38. The van der Waals surface area contributed by atoms with Crippen LogP contribution in [0, 0.1) is 0 Å². The van der Waals surface area contributed by atoms with Crippen LogP contribution in [0.3, 0.4) is 0 Å². The Bertz CT molecular complexity index is 884. The number of benzene rings is 1. The van der Waals surface area contributed by atoms with Gasteiger partial charge in [-0.3, -0.25) is 9.89 Å². The summed E-state index contributed by atoms with van der Waals surface area (Å²) in [5, 5.41) is 7.99. The van der Waals surface area contributed by atoms with Crippen molar-refractivity contribution in [1.82, 2.24) is 25.1 Å². The van der Waals surface area contributed by atoms with Gasteiger partial charge >= 0.3 is 0 Å². The summed E-state index contributed by atoms with van der Waals surface area (Å²) in [4.78, 5) is 23.0. The molecule has 0 aliphatic carbocycles. The van der Waals surface area contributed by atoms with Crippen molar-refractivity contribution in [3.63, 3.8) is 0 Å². The number of halogens is 1. The fourth-order valence-electron chi connectivity index (χ4n) is 3.36. The summed E-state index contributed by atoms with van der Waals surface area (Å²) in [6.07, 6.45) is 5.55. The highest BCUT2D eigenvalue weighted by molar-refractivity contribution is 6.30. The molecule has 1 aromatic carbocycles. The van der Waals surface area contributed by atoms with E-state index in [-0.39, 0.29) is 5.91 Å². The normalized spacial score (nSPS) is 15.6. The van der Waals surface area contributed by atoms with Crippen LogP contribution in [0.25, 0.3) is 11.2 Å². The minimum Gasteiger partial charge on any atom is -0.342 e. The molecule has 0 bridgehead atoms. The number of amides is 1. The predicted octanol–water partition coefficient (Wildman–Crippen LogP) is 2.96. The van der Waals surface area contributed by atoms with Gasteiger partial charge in [-0.25, -0.2) is 9.97 Å². The average Bonchev–Trinajstić information content (AvgIpc) is 3.08. The summed E-state index contributed by atoms with van der Waals surface area (Å²) >= 11 is 5.89. The van der Waals surface area contributed by atoms with Gasteiger partial charge in [-0.1, -0.05) is 23.7 Å². The maximum Gasteiger partial charge on any atom is 0.226 e. The first kappa shape index (κ1) is 16.0. The Kier molecular flexibility index (Phi) is 4.36. The molecule has 0 spiro atoms. The van der Waals surface area contributed by atoms with Crippen LogP contribution in [0.1, 0.15) is 30.0 Å². The zero-order valence-corrected chi connectivity index (χ0v) is 14.4. The largest absolute Gasteiger partial charge is 0.342 e. The topological polar surface area (TPSA) is 74.8 Å². The van der Waals surface area contributed by atoms with Crippen molar-refractivity contribution in [2.75, 3.05) is 13.1 Å². The van der Waals surface area contributed by atoms with E-state index in [4.69, 9.17) is 11.6 Å². The average molecular weight is 356 g/mol. The Morgan fingerprint density at radius 3 is 2.64 bits per heavy atom. The molecule has 3 heterocycles. The van der Waals surface area contributed by atoms with Crippen molar-refractivity contribution in [3.05, 3.63) is 52.9 Å².